The number of halogens is 2. The second kappa shape index (κ2) is 8.23. The maximum absolute atomic E-state index is 7.29. The van der Waals surface area contributed by atoms with Crippen molar-refractivity contribution in [3.05, 3.63) is 124 Å². The molecule has 0 fully saturated rings. The van der Waals surface area contributed by atoms with E-state index in [2.05, 4.69) is 26.4 Å². The lowest BCUT2D eigenvalue weighted by atomic mass is 9.79. The van der Waals surface area contributed by atoms with E-state index >= 15 is 0 Å². The Morgan fingerprint density at radius 3 is 2.51 bits per heavy atom. The minimum Gasteiger partial charge on any atom is -0.336 e. The van der Waals surface area contributed by atoms with Gasteiger partial charge in [-0.3, -0.25) is 0 Å². The summed E-state index contributed by atoms with van der Waals surface area (Å²) in [6.45, 7) is 0. The van der Waals surface area contributed by atoms with Gasteiger partial charge in [0.15, 0.2) is 0 Å². The van der Waals surface area contributed by atoms with Crippen LogP contribution in [0.2, 0.25) is 10.0 Å². The van der Waals surface area contributed by atoms with Crippen LogP contribution in [0.4, 0.5) is 11.6 Å². The van der Waals surface area contributed by atoms with Crippen molar-refractivity contribution in [2.24, 2.45) is 12.8 Å². The number of nitrogens with zero attached hydrogens (tertiary/aromatic N) is 5. The Labute approximate surface area is 212 Å². The van der Waals surface area contributed by atoms with Gasteiger partial charge in [0, 0.05) is 28.3 Å². The van der Waals surface area contributed by atoms with Crippen LogP contribution in [0, 0.1) is 0 Å². The number of hydrogen-bond acceptors (Lipinski definition) is 5. The van der Waals surface area contributed by atoms with Crippen LogP contribution in [-0.2, 0) is 12.6 Å². The number of nitrogens with two attached hydrogens (primary N) is 1. The fraction of sp³-hybridized carbons (Fsp3) is 0.115. The summed E-state index contributed by atoms with van der Waals surface area (Å²) in [5.41, 5.74) is 11.9. The molecule has 174 valence electrons. The molecule has 0 bridgehead atoms. The Morgan fingerprint density at radius 2 is 1.77 bits per heavy atom. The van der Waals surface area contributed by atoms with Gasteiger partial charge in [-0.25, -0.2) is 9.67 Å². The van der Waals surface area contributed by atoms with Gasteiger partial charge in [-0.15, -0.1) is 0 Å². The molecule has 35 heavy (non-hydrogen) atoms. The van der Waals surface area contributed by atoms with Crippen molar-refractivity contribution in [2.45, 2.75) is 11.6 Å². The summed E-state index contributed by atoms with van der Waals surface area (Å²) in [4.78, 5) is 8.74. The molecule has 0 aliphatic carbocycles. The number of aromatic nitrogens is 5. The fourth-order valence-corrected chi connectivity index (χ4v) is 5.16. The number of hydrogen-bond donors (Lipinski definition) is 2. The molecule has 3 N–H and O–H groups in total. The highest BCUT2D eigenvalue weighted by Gasteiger charge is 2.37. The average molecular weight is 502 g/mol. The van der Waals surface area contributed by atoms with Crippen molar-refractivity contribution in [3.8, 4) is 0 Å². The topological polar surface area (TPSA) is 86.6 Å². The van der Waals surface area contributed by atoms with Crippen molar-refractivity contribution in [3.63, 3.8) is 0 Å². The molecule has 6 rings (SSSR count). The molecule has 9 heteroatoms. The summed E-state index contributed by atoms with van der Waals surface area (Å²) in [6.07, 6.45) is 5.10. The lowest BCUT2D eigenvalue weighted by Gasteiger charge is -2.34. The number of fused-ring (bicyclic) bond motifs is 2. The molecule has 5 aromatic rings. The van der Waals surface area contributed by atoms with E-state index in [1.807, 2.05) is 77.0 Å². The molecule has 0 saturated heterocycles. The molecule has 0 radical (unpaired) electrons. The van der Waals surface area contributed by atoms with Gasteiger partial charge < -0.3 is 15.6 Å². The first-order valence-corrected chi connectivity index (χ1v) is 11.8. The number of benzene rings is 3. The molecule has 7 nitrogen and oxygen atoms in total. The highest BCUT2D eigenvalue weighted by molar-refractivity contribution is 6.30. The number of rotatable bonds is 4. The Morgan fingerprint density at radius 1 is 0.971 bits per heavy atom. The van der Waals surface area contributed by atoms with Gasteiger partial charge in [0.25, 0.3) is 0 Å². The minimum absolute atomic E-state index is 0.233. The molecule has 0 spiro atoms. The lowest BCUT2D eigenvalue weighted by Crippen LogP contribution is -2.41. The molecule has 3 heterocycles. The predicted octanol–water partition coefficient (Wildman–Crippen LogP) is 5.26. The Bertz CT molecular complexity index is 1540. The van der Waals surface area contributed by atoms with Crippen LogP contribution in [0.5, 0.6) is 0 Å². The largest absolute Gasteiger partial charge is 0.336 e. The third-order valence-corrected chi connectivity index (χ3v) is 7.04. The summed E-state index contributed by atoms with van der Waals surface area (Å²) in [7, 11) is 1.94. The van der Waals surface area contributed by atoms with Gasteiger partial charge in [0.05, 0.1) is 18.2 Å². The lowest BCUT2D eigenvalue weighted by molar-refractivity contribution is 0.578. The standard InChI is InChI=1S/C26H21Cl2N7/c1-34-15-30-13-23(34)26(29,17-5-8-19(27)9-6-17)18-7-10-22-21(12-18)24(16-3-2-4-20(28)11-16)35-25(33-22)31-14-32-35/h2-15,24H,29H2,1H3,(H,31,32,33)/t24?,26-/m1/s1. The van der Waals surface area contributed by atoms with Crippen LogP contribution < -0.4 is 11.1 Å². The number of aryl methyl sites for hydroxylation is 1. The summed E-state index contributed by atoms with van der Waals surface area (Å²) >= 11 is 12.6. The quantitative estimate of drug-likeness (QED) is 0.343. The van der Waals surface area contributed by atoms with Crippen LogP contribution in [0.15, 0.2) is 85.6 Å². The van der Waals surface area contributed by atoms with Crippen molar-refractivity contribution >= 4 is 34.8 Å². The molecular formula is C26H21Cl2N7. The van der Waals surface area contributed by atoms with Gasteiger partial charge in [-0.1, -0.05) is 53.5 Å². The first-order chi connectivity index (χ1) is 16.9. The van der Waals surface area contributed by atoms with Gasteiger partial charge in [0.2, 0.25) is 5.95 Å². The molecule has 0 saturated carbocycles. The molecule has 1 aliphatic heterocycles. The van der Waals surface area contributed by atoms with Crippen LogP contribution in [-0.4, -0.2) is 24.3 Å². The summed E-state index contributed by atoms with van der Waals surface area (Å²) in [6, 6.07) is 21.4. The second-order valence-corrected chi connectivity index (χ2v) is 9.49. The predicted molar refractivity (Wildman–Crippen MR) is 137 cm³/mol. The normalized spacial score (nSPS) is 16.2. The molecule has 1 unspecified atom stereocenters. The first-order valence-electron chi connectivity index (χ1n) is 11.0. The minimum atomic E-state index is -0.980. The molecule has 0 amide bonds. The third kappa shape index (κ3) is 3.51. The maximum Gasteiger partial charge on any atom is 0.226 e. The molecule has 1 aliphatic rings. The van der Waals surface area contributed by atoms with Crippen LogP contribution in [0.1, 0.15) is 34.0 Å². The zero-order valence-electron chi connectivity index (χ0n) is 18.7. The number of imidazole rings is 1. The van der Waals surface area contributed by atoms with E-state index in [1.165, 1.54) is 0 Å². The smallest absolute Gasteiger partial charge is 0.226 e. The Kier molecular flexibility index (Phi) is 5.14. The van der Waals surface area contributed by atoms with Gasteiger partial charge in [0.1, 0.15) is 17.9 Å². The van der Waals surface area contributed by atoms with E-state index in [9.17, 15) is 0 Å². The van der Waals surface area contributed by atoms with E-state index < -0.39 is 5.54 Å². The van der Waals surface area contributed by atoms with Crippen LogP contribution >= 0.6 is 23.2 Å². The van der Waals surface area contributed by atoms with Crippen molar-refractivity contribution in [2.75, 3.05) is 5.32 Å². The Hall–Kier alpha value is -3.65. The van der Waals surface area contributed by atoms with Crippen molar-refractivity contribution in [1.82, 2.24) is 24.3 Å². The third-order valence-electron chi connectivity index (χ3n) is 6.55. The van der Waals surface area contributed by atoms with E-state index in [0.717, 1.165) is 33.6 Å². The summed E-state index contributed by atoms with van der Waals surface area (Å²) in [5.74, 6) is 0.665. The van der Waals surface area contributed by atoms with E-state index in [-0.39, 0.29) is 6.04 Å². The summed E-state index contributed by atoms with van der Waals surface area (Å²) in [5, 5.41) is 9.20. The highest BCUT2D eigenvalue weighted by atomic mass is 35.5. The van der Waals surface area contributed by atoms with Crippen molar-refractivity contribution in [1.29, 1.82) is 0 Å². The van der Waals surface area contributed by atoms with Crippen molar-refractivity contribution < 1.29 is 0 Å². The number of nitrogens with one attached hydrogen (secondary N) is 1. The number of anilines is 2. The first kappa shape index (κ1) is 21.9. The molecule has 2 aromatic heterocycles. The van der Waals surface area contributed by atoms with E-state index in [4.69, 9.17) is 28.9 Å². The van der Waals surface area contributed by atoms with Crippen LogP contribution in [0.3, 0.4) is 0 Å². The zero-order valence-corrected chi connectivity index (χ0v) is 20.2. The Balaban J connectivity index is 1.58. The van der Waals surface area contributed by atoms with Crippen LogP contribution in [0.25, 0.3) is 0 Å². The van der Waals surface area contributed by atoms with Gasteiger partial charge in [-0.05, 0) is 53.1 Å². The van der Waals surface area contributed by atoms with Gasteiger partial charge >= 0.3 is 0 Å². The molecule has 2 atom stereocenters. The highest BCUT2D eigenvalue weighted by Crippen LogP contribution is 2.43. The SMILES string of the molecule is Cn1cncc1[C@@](N)(c1ccc(Cl)cc1)c1ccc2c(c1)C(c1cccc(Cl)c1)n1ncnc1N2. The maximum atomic E-state index is 7.29. The zero-order chi connectivity index (χ0) is 24.2. The average Bonchev–Trinajstić information content (AvgIpc) is 3.51. The monoisotopic (exact) mass is 501 g/mol. The van der Waals surface area contributed by atoms with E-state index in [0.29, 0.717) is 16.0 Å². The summed E-state index contributed by atoms with van der Waals surface area (Å²) < 4.78 is 3.80. The second-order valence-electron chi connectivity index (χ2n) is 8.62. The van der Waals surface area contributed by atoms with Gasteiger partial charge in [-0.2, -0.15) is 10.1 Å². The van der Waals surface area contributed by atoms with E-state index in [1.54, 1.807) is 18.9 Å². The molecule has 3 aromatic carbocycles. The molecular weight excluding hydrogens is 481 g/mol. The fourth-order valence-electron chi connectivity index (χ4n) is 4.84.